The molecule has 1 atom stereocenters. The number of aliphatic hydroxyl groups is 1. The number of aryl methyl sites for hydroxylation is 1. The van der Waals surface area contributed by atoms with E-state index in [2.05, 4.69) is 46.5 Å². The van der Waals surface area contributed by atoms with Gasteiger partial charge in [0.15, 0.2) is 0 Å². The van der Waals surface area contributed by atoms with Gasteiger partial charge in [0.05, 0.1) is 18.3 Å². The molecular formula is C25H38N4O3. The summed E-state index contributed by atoms with van der Waals surface area (Å²) in [6, 6.07) is 10.9. The maximum absolute atomic E-state index is 12.2. The summed E-state index contributed by atoms with van der Waals surface area (Å²) in [6.07, 6.45) is 6.45. The summed E-state index contributed by atoms with van der Waals surface area (Å²) >= 11 is 0. The first kappa shape index (κ1) is 25.7. The number of rotatable bonds is 5. The van der Waals surface area contributed by atoms with E-state index in [1.54, 1.807) is 0 Å². The molecule has 4 rings (SSSR count). The molecular weight excluding hydrogens is 404 g/mol. The Morgan fingerprint density at radius 2 is 1.88 bits per heavy atom. The Bertz CT molecular complexity index is 810. The van der Waals surface area contributed by atoms with Crippen LogP contribution in [0.2, 0.25) is 0 Å². The zero-order valence-corrected chi connectivity index (χ0v) is 19.9. The van der Waals surface area contributed by atoms with E-state index in [0.29, 0.717) is 25.0 Å². The fourth-order valence-electron chi connectivity index (χ4n) is 3.84. The molecule has 0 radical (unpaired) electrons. The third-order valence-electron chi connectivity index (χ3n) is 5.73. The number of aliphatic hydroxyl groups excluding tert-OH is 1. The van der Waals surface area contributed by atoms with Gasteiger partial charge < -0.3 is 20.1 Å². The van der Waals surface area contributed by atoms with Gasteiger partial charge in [-0.15, -0.1) is 0 Å². The first-order chi connectivity index (χ1) is 15.6. The van der Waals surface area contributed by atoms with Crippen molar-refractivity contribution < 1.29 is 14.6 Å². The molecule has 1 fully saturated rings. The molecule has 2 aliphatic heterocycles. The number of aromatic nitrogens is 2. The van der Waals surface area contributed by atoms with Crippen molar-refractivity contribution in [1.82, 2.24) is 14.9 Å². The molecule has 1 unspecified atom stereocenters. The number of carbonyl (C=O) groups excluding carboxylic acids is 1. The number of benzene rings is 1. The van der Waals surface area contributed by atoms with Crippen molar-refractivity contribution in [2.75, 3.05) is 25.6 Å². The highest BCUT2D eigenvalue weighted by atomic mass is 16.5. The standard InChI is InChI=1S/C16H24N4O2.C8H10.CH4O/c1-3-4-15(21)20-10-14-13(11(20)2)9-17-16(19-14)18-12-5-7-22-8-6-12;1-2-8-6-4-3-5-7-8;1-2/h9,11-12H,3-8,10H2,1-2H3,(H,17,18,19);3-7H,2H2,1H3;2H,1H3. The Labute approximate surface area is 192 Å². The molecule has 1 amide bonds. The van der Waals surface area contributed by atoms with Crippen LogP contribution in [-0.4, -0.2) is 52.2 Å². The van der Waals surface area contributed by atoms with E-state index in [-0.39, 0.29) is 11.9 Å². The number of amides is 1. The highest BCUT2D eigenvalue weighted by Crippen LogP contribution is 2.32. The largest absolute Gasteiger partial charge is 0.400 e. The summed E-state index contributed by atoms with van der Waals surface area (Å²) in [6.45, 7) is 8.42. The number of hydrogen-bond acceptors (Lipinski definition) is 6. The van der Waals surface area contributed by atoms with Gasteiger partial charge in [0, 0.05) is 44.5 Å². The Kier molecular flexibility index (Phi) is 11.1. The molecule has 1 aromatic carbocycles. The third kappa shape index (κ3) is 7.28. The lowest BCUT2D eigenvalue weighted by Gasteiger charge is -2.23. The number of carbonyl (C=O) groups is 1. The van der Waals surface area contributed by atoms with Crippen molar-refractivity contribution in [1.29, 1.82) is 0 Å². The van der Waals surface area contributed by atoms with Gasteiger partial charge in [-0.25, -0.2) is 9.97 Å². The van der Waals surface area contributed by atoms with E-state index < -0.39 is 0 Å². The summed E-state index contributed by atoms with van der Waals surface area (Å²) in [4.78, 5) is 23.1. The molecule has 2 aliphatic rings. The van der Waals surface area contributed by atoms with Gasteiger partial charge in [-0.1, -0.05) is 44.2 Å². The zero-order valence-electron chi connectivity index (χ0n) is 19.9. The van der Waals surface area contributed by atoms with Crippen LogP contribution < -0.4 is 5.32 Å². The predicted octanol–water partition coefficient (Wildman–Crippen LogP) is 4.13. The third-order valence-corrected chi connectivity index (χ3v) is 5.73. The fraction of sp³-hybridized carbons (Fsp3) is 0.560. The van der Waals surface area contributed by atoms with Crippen LogP contribution >= 0.6 is 0 Å². The Hall–Kier alpha value is -2.51. The second-order valence-electron chi connectivity index (χ2n) is 7.91. The highest BCUT2D eigenvalue weighted by molar-refractivity contribution is 5.77. The summed E-state index contributed by atoms with van der Waals surface area (Å²) in [7, 11) is 1.00. The van der Waals surface area contributed by atoms with Crippen LogP contribution in [-0.2, 0) is 22.5 Å². The molecule has 176 valence electrons. The van der Waals surface area contributed by atoms with Gasteiger partial charge >= 0.3 is 0 Å². The maximum Gasteiger partial charge on any atom is 0.223 e. The van der Waals surface area contributed by atoms with Crippen LogP contribution in [0.1, 0.15) is 69.3 Å². The van der Waals surface area contributed by atoms with E-state index in [9.17, 15) is 4.79 Å². The van der Waals surface area contributed by atoms with Gasteiger partial charge in [0.2, 0.25) is 11.9 Å². The molecule has 3 heterocycles. The number of nitrogens with one attached hydrogen (secondary N) is 1. The monoisotopic (exact) mass is 442 g/mol. The molecule has 7 nitrogen and oxygen atoms in total. The Morgan fingerprint density at radius 3 is 2.47 bits per heavy atom. The lowest BCUT2D eigenvalue weighted by molar-refractivity contribution is -0.133. The molecule has 32 heavy (non-hydrogen) atoms. The Morgan fingerprint density at radius 1 is 1.19 bits per heavy atom. The SMILES string of the molecule is CCCC(=O)N1Cc2nc(NC3CCOCC3)ncc2C1C.CCc1ccccc1.CO. The van der Waals surface area contributed by atoms with Gasteiger partial charge in [0.1, 0.15) is 0 Å². The molecule has 0 bridgehead atoms. The van der Waals surface area contributed by atoms with Crippen LogP contribution in [0.5, 0.6) is 0 Å². The van der Waals surface area contributed by atoms with Crippen LogP contribution in [0.25, 0.3) is 0 Å². The fourth-order valence-corrected chi connectivity index (χ4v) is 3.84. The average Bonchev–Trinajstić information content (AvgIpc) is 3.18. The molecule has 0 saturated carbocycles. The normalized spacial score (nSPS) is 17.4. The van der Waals surface area contributed by atoms with Crippen molar-refractivity contribution in [3.05, 3.63) is 53.3 Å². The number of hydrogen-bond donors (Lipinski definition) is 2. The van der Waals surface area contributed by atoms with E-state index in [1.807, 2.05) is 31.0 Å². The zero-order chi connectivity index (χ0) is 23.3. The quantitative estimate of drug-likeness (QED) is 0.724. The molecule has 1 aromatic heterocycles. The molecule has 2 N–H and O–H groups in total. The molecule has 0 spiro atoms. The first-order valence-electron chi connectivity index (χ1n) is 11.6. The number of fused-ring (bicyclic) bond motifs is 1. The summed E-state index contributed by atoms with van der Waals surface area (Å²) in [5.74, 6) is 0.870. The summed E-state index contributed by atoms with van der Waals surface area (Å²) in [5.41, 5.74) is 3.45. The minimum atomic E-state index is 0.0752. The molecule has 0 aliphatic carbocycles. The van der Waals surface area contributed by atoms with E-state index in [0.717, 1.165) is 57.3 Å². The minimum Gasteiger partial charge on any atom is -0.400 e. The topological polar surface area (TPSA) is 87.6 Å². The number of nitrogens with zero attached hydrogens (tertiary/aromatic N) is 3. The summed E-state index contributed by atoms with van der Waals surface area (Å²) < 4.78 is 5.36. The molecule has 1 saturated heterocycles. The van der Waals surface area contributed by atoms with Crippen LogP contribution in [0, 0.1) is 0 Å². The van der Waals surface area contributed by atoms with Crippen molar-refractivity contribution in [3.63, 3.8) is 0 Å². The lowest BCUT2D eigenvalue weighted by atomic mass is 10.1. The van der Waals surface area contributed by atoms with E-state index in [4.69, 9.17) is 9.84 Å². The maximum atomic E-state index is 12.2. The molecule has 7 heteroatoms. The van der Waals surface area contributed by atoms with Crippen LogP contribution in [0.15, 0.2) is 36.5 Å². The second kappa shape index (κ2) is 13.8. The van der Waals surface area contributed by atoms with Crippen molar-refractivity contribution >= 4 is 11.9 Å². The van der Waals surface area contributed by atoms with Gasteiger partial charge in [-0.3, -0.25) is 4.79 Å². The van der Waals surface area contributed by atoms with Crippen molar-refractivity contribution in [2.24, 2.45) is 0 Å². The van der Waals surface area contributed by atoms with Gasteiger partial charge in [0.25, 0.3) is 0 Å². The molecule has 2 aromatic rings. The lowest BCUT2D eigenvalue weighted by Crippen LogP contribution is -2.28. The highest BCUT2D eigenvalue weighted by Gasteiger charge is 2.31. The van der Waals surface area contributed by atoms with Crippen molar-refractivity contribution in [3.8, 4) is 0 Å². The smallest absolute Gasteiger partial charge is 0.223 e. The number of anilines is 1. The van der Waals surface area contributed by atoms with Crippen molar-refractivity contribution in [2.45, 2.75) is 71.5 Å². The van der Waals surface area contributed by atoms with Gasteiger partial charge in [-0.2, -0.15) is 0 Å². The van der Waals surface area contributed by atoms with E-state index >= 15 is 0 Å². The Balaban J connectivity index is 0.000000304. The number of ether oxygens (including phenoxy) is 1. The van der Waals surface area contributed by atoms with Crippen LogP contribution in [0.4, 0.5) is 5.95 Å². The first-order valence-corrected chi connectivity index (χ1v) is 11.6. The van der Waals surface area contributed by atoms with Gasteiger partial charge in [-0.05, 0) is 38.2 Å². The van der Waals surface area contributed by atoms with Crippen LogP contribution in [0.3, 0.4) is 0 Å². The minimum absolute atomic E-state index is 0.0752. The summed E-state index contributed by atoms with van der Waals surface area (Å²) in [5, 5.41) is 10.4. The van der Waals surface area contributed by atoms with E-state index in [1.165, 1.54) is 5.56 Å². The second-order valence-corrected chi connectivity index (χ2v) is 7.91. The predicted molar refractivity (Wildman–Crippen MR) is 127 cm³/mol. The average molecular weight is 443 g/mol.